The minimum Gasteiger partial charge on any atom is -0.464 e. The molecule has 1 fully saturated rings. The lowest BCUT2D eigenvalue weighted by Crippen LogP contribution is -2.27. The molecule has 0 spiro atoms. The molecule has 0 bridgehead atoms. The smallest absolute Gasteiger partial charge is 0.134 e. The fourth-order valence-electron chi connectivity index (χ4n) is 2.53. The molecule has 1 aliphatic heterocycles. The summed E-state index contributed by atoms with van der Waals surface area (Å²) in [5, 5.41) is 4.75. The van der Waals surface area contributed by atoms with Crippen LogP contribution in [0.4, 0.5) is 0 Å². The van der Waals surface area contributed by atoms with Crippen LogP contribution in [0.25, 0.3) is 11.0 Å². The highest BCUT2D eigenvalue weighted by Crippen LogP contribution is 2.20. The largest absolute Gasteiger partial charge is 0.464 e. The molecular weight excluding hydrogens is 226 g/mol. The van der Waals surface area contributed by atoms with Crippen LogP contribution in [-0.2, 0) is 11.3 Å². The van der Waals surface area contributed by atoms with Crippen LogP contribution in [-0.4, -0.2) is 19.8 Å². The Morgan fingerprint density at radius 2 is 2.00 bits per heavy atom. The van der Waals surface area contributed by atoms with Crippen molar-refractivity contribution in [3.8, 4) is 0 Å². The van der Waals surface area contributed by atoms with Gasteiger partial charge in [0.1, 0.15) is 5.58 Å². The first-order valence-electron chi connectivity index (χ1n) is 6.67. The lowest BCUT2D eigenvalue weighted by molar-refractivity contribution is 0.0662. The van der Waals surface area contributed by atoms with E-state index in [1.54, 1.807) is 0 Å². The number of rotatable bonds is 4. The van der Waals surface area contributed by atoms with E-state index in [4.69, 9.17) is 9.15 Å². The minimum atomic E-state index is 0.761. The summed E-state index contributed by atoms with van der Waals surface area (Å²) in [5.74, 6) is 0.761. The van der Waals surface area contributed by atoms with Crippen molar-refractivity contribution in [2.75, 3.05) is 19.8 Å². The number of ether oxygens (including phenoxy) is 1. The van der Waals surface area contributed by atoms with Crippen molar-refractivity contribution < 1.29 is 9.15 Å². The second kappa shape index (κ2) is 5.55. The van der Waals surface area contributed by atoms with Crippen LogP contribution in [0.5, 0.6) is 0 Å². The summed E-state index contributed by atoms with van der Waals surface area (Å²) in [6.45, 7) is 3.79. The van der Waals surface area contributed by atoms with Crippen molar-refractivity contribution in [2.24, 2.45) is 5.92 Å². The molecule has 1 saturated heterocycles. The molecule has 0 radical (unpaired) electrons. The van der Waals surface area contributed by atoms with Gasteiger partial charge < -0.3 is 14.5 Å². The van der Waals surface area contributed by atoms with Crippen LogP contribution >= 0.6 is 0 Å². The standard InChI is InChI=1S/C15H19NO2/c1-2-4-15-14(3-1)13(11-18-15)10-16-9-12-5-7-17-8-6-12/h1-4,11-12,16H,5-10H2. The molecule has 1 aliphatic rings. The molecule has 2 heterocycles. The van der Waals surface area contributed by atoms with Crippen LogP contribution in [0.2, 0.25) is 0 Å². The normalized spacial score (nSPS) is 17.3. The zero-order valence-electron chi connectivity index (χ0n) is 10.5. The first-order chi connectivity index (χ1) is 8.93. The quantitative estimate of drug-likeness (QED) is 0.899. The lowest BCUT2D eigenvalue weighted by Gasteiger charge is -2.22. The van der Waals surface area contributed by atoms with E-state index < -0.39 is 0 Å². The van der Waals surface area contributed by atoms with E-state index in [1.807, 2.05) is 18.4 Å². The minimum absolute atomic E-state index is 0.761. The fraction of sp³-hybridized carbons (Fsp3) is 0.467. The Bertz CT molecular complexity index is 500. The van der Waals surface area contributed by atoms with Gasteiger partial charge in [0.2, 0.25) is 0 Å². The van der Waals surface area contributed by atoms with Gasteiger partial charge in [-0.25, -0.2) is 0 Å². The van der Waals surface area contributed by atoms with Crippen molar-refractivity contribution >= 4 is 11.0 Å². The van der Waals surface area contributed by atoms with Gasteiger partial charge in [-0.05, 0) is 31.4 Å². The maximum atomic E-state index is 5.53. The highest BCUT2D eigenvalue weighted by atomic mass is 16.5. The van der Waals surface area contributed by atoms with Crippen molar-refractivity contribution in [1.29, 1.82) is 0 Å². The maximum absolute atomic E-state index is 5.53. The van der Waals surface area contributed by atoms with Crippen LogP contribution in [0, 0.1) is 5.92 Å². The first kappa shape index (κ1) is 11.8. The van der Waals surface area contributed by atoms with Gasteiger partial charge in [-0.2, -0.15) is 0 Å². The number of hydrogen-bond donors (Lipinski definition) is 1. The molecule has 18 heavy (non-hydrogen) atoms. The average Bonchev–Trinajstić information content (AvgIpc) is 2.84. The van der Waals surface area contributed by atoms with Crippen molar-refractivity contribution in [3.63, 3.8) is 0 Å². The number of fused-ring (bicyclic) bond motifs is 1. The highest BCUT2D eigenvalue weighted by Gasteiger charge is 2.13. The van der Waals surface area contributed by atoms with Crippen LogP contribution < -0.4 is 5.32 Å². The number of nitrogens with one attached hydrogen (secondary N) is 1. The molecule has 96 valence electrons. The Morgan fingerprint density at radius 1 is 1.17 bits per heavy atom. The maximum Gasteiger partial charge on any atom is 0.134 e. The van der Waals surface area contributed by atoms with Crippen LogP contribution in [0.3, 0.4) is 0 Å². The molecular formula is C15H19NO2. The van der Waals surface area contributed by atoms with Gasteiger partial charge >= 0.3 is 0 Å². The van der Waals surface area contributed by atoms with E-state index in [1.165, 1.54) is 23.8 Å². The van der Waals surface area contributed by atoms with Gasteiger partial charge in [0.05, 0.1) is 6.26 Å². The third-order valence-electron chi connectivity index (χ3n) is 3.65. The third-order valence-corrected chi connectivity index (χ3v) is 3.65. The van der Waals surface area contributed by atoms with Gasteiger partial charge in [-0.3, -0.25) is 0 Å². The zero-order chi connectivity index (χ0) is 12.2. The predicted octanol–water partition coefficient (Wildman–Crippen LogP) is 2.95. The molecule has 0 saturated carbocycles. The van der Waals surface area contributed by atoms with E-state index in [9.17, 15) is 0 Å². The van der Waals surface area contributed by atoms with Crippen molar-refractivity contribution in [3.05, 3.63) is 36.1 Å². The Morgan fingerprint density at radius 3 is 2.89 bits per heavy atom. The van der Waals surface area contributed by atoms with E-state index >= 15 is 0 Å². The summed E-state index contributed by atoms with van der Waals surface area (Å²) >= 11 is 0. The van der Waals surface area contributed by atoms with E-state index in [0.717, 1.165) is 37.8 Å². The monoisotopic (exact) mass is 245 g/mol. The fourth-order valence-corrected chi connectivity index (χ4v) is 2.53. The lowest BCUT2D eigenvalue weighted by atomic mass is 10.0. The van der Waals surface area contributed by atoms with E-state index in [0.29, 0.717) is 0 Å². The van der Waals surface area contributed by atoms with E-state index in [-0.39, 0.29) is 0 Å². The first-order valence-corrected chi connectivity index (χ1v) is 6.67. The summed E-state index contributed by atoms with van der Waals surface area (Å²) in [6, 6.07) is 8.19. The molecule has 1 N–H and O–H groups in total. The molecule has 0 amide bonds. The Labute approximate surface area is 107 Å². The molecule has 3 rings (SSSR count). The summed E-state index contributed by atoms with van der Waals surface area (Å²) in [4.78, 5) is 0. The number of para-hydroxylation sites is 1. The zero-order valence-corrected chi connectivity index (χ0v) is 10.5. The average molecular weight is 245 g/mol. The summed E-state index contributed by atoms with van der Waals surface area (Å²) in [5.41, 5.74) is 2.22. The second-order valence-corrected chi connectivity index (χ2v) is 4.94. The summed E-state index contributed by atoms with van der Waals surface area (Å²) < 4.78 is 10.9. The van der Waals surface area contributed by atoms with Gasteiger partial charge in [0.25, 0.3) is 0 Å². The van der Waals surface area contributed by atoms with Crippen molar-refractivity contribution in [1.82, 2.24) is 5.32 Å². The van der Waals surface area contributed by atoms with Gasteiger partial charge in [-0.15, -0.1) is 0 Å². The van der Waals surface area contributed by atoms with Gasteiger partial charge in [-0.1, -0.05) is 18.2 Å². The summed E-state index contributed by atoms with van der Waals surface area (Å²) in [7, 11) is 0. The summed E-state index contributed by atoms with van der Waals surface area (Å²) in [6.07, 6.45) is 4.22. The molecule has 0 unspecified atom stereocenters. The second-order valence-electron chi connectivity index (χ2n) is 4.94. The van der Waals surface area contributed by atoms with Gasteiger partial charge in [0.15, 0.2) is 0 Å². The van der Waals surface area contributed by atoms with Gasteiger partial charge in [0, 0.05) is 30.7 Å². The molecule has 2 aromatic rings. The molecule has 3 heteroatoms. The molecule has 1 aromatic heterocycles. The SMILES string of the molecule is c1ccc2c(CNCC3CCOCC3)coc2c1. The highest BCUT2D eigenvalue weighted by molar-refractivity contribution is 5.80. The molecule has 3 nitrogen and oxygen atoms in total. The molecule has 1 aromatic carbocycles. The molecule has 0 aliphatic carbocycles. The Kier molecular flexibility index (Phi) is 3.62. The van der Waals surface area contributed by atoms with E-state index in [2.05, 4.69) is 17.4 Å². The van der Waals surface area contributed by atoms with Crippen molar-refractivity contribution in [2.45, 2.75) is 19.4 Å². The number of hydrogen-bond acceptors (Lipinski definition) is 3. The number of furan rings is 1. The van der Waals surface area contributed by atoms with Crippen LogP contribution in [0.15, 0.2) is 34.9 Å². The third kappa shape index (κ3) is 2.57. The Balaban J connectivity index is 1.56. The van der Waals surface area contributed by atoms with Crippen LogP contribution in [0.1, 0.15) is 18.4 Å². The Hall–Kier alpha value is -1.32. The topological polar surface area (TPSA) is 34.4 Å². The molecule has 0 atom stereocenters. The predicted molar refractivity (Wildman–Crippen MR) is 71.5 cm³/mol. The number of benzene rings is 1.